The molecule has 1 unspecified atom stereocenters. The number of benzene rings is 1. The van der Waals surface area contributed by atoms with E-state index in [2.05, 4.69) is 5.32 Å². The third kappa shape index (κ3) is 4.61. The van der Waals surface area contributed by atoms with Gasteiger partial charge in [-0.2, -0.15) is 5.26 Å². The molecule has 1 aromatic heterocycles. The summed E-state index contributed by atoms with van der Waals surface area (Å²) >= 11 is 0. The molecule has 3 rings (SSSR count). The summed E-state index contributed by atoms with van der Waals surface area (Å²) in [5, 5.41) is 20.8. The molecule has 2 N–H and O–H groups in total. The van der Waals surface area contributed by atoms with Crippen LogP contribution in [0.15, 0.2) is 40.8 Å². The van der Waals surface area contributed by atoms with Crippen LogP contribution in [0.5, 0.6) is 5.75 Å². The van der Waals surface area contributed by atoms with Gasteiger partial charge in [-0.1, -0.05) is 0 Å². The highest BCUT2D eigenvalue weighted by Crippen LogP contribution is 2.34. The summed E-state index contributed by atoms with van der Waals surface area (Å²) in [7, 11) is 0. The summed E-state index contributed by atoms with van der Waals surface area (Å²) < 4.78 is 11.1. The molecule has 1 atom stereocenters. The van der Waals surface area contributed by atoms with Crippen molar-refractivity contribution in [2.75, 3.05) is 6.61 Å². The lowest BCUT2D eigenvalue weighted by molar-refractivity contribution is 0.0892. The van der Waals surface area contributed by atoms with E-state index in [-0.39, 0.29) is 30.9 Å². The second kappa shape index (κ2) is 7.86. The van der Waals surface area contributed by atoms with E-state index in [1.165, 1.54) is 0 Å². The average molecular weight is 340 g/mol. The normalized spacial score (nSPS) is 14.6. The second-order valence-electron chi connectivity index (χ2n) is 6.12. The predicted octanol–water partition coefficient (Wildman–Crippen LogP) is 2.62. The maximum atomic E-state index is 12.3. The molecule has 130 valence electrons. The van der Waals surface area contributed by atoms with Crippen molar-refractivity contribution in [1.29, 1.82) is 5.26 Å². The fraction of sp³-hybridized carbons (Fsp3) is 0.368. The number of nitrogens with one attached hydrogen (secondary N) is 1. The lowest BCUT2D eigenvalue weighted by Crippen LogP contribution is -2.36. The predicted molar refractivity (Wildman–Crippen MR) is 89.9 cm³/mol. The third-order valence-corrected chi connectivity index (χ3v) is 4.20. The van der Waals surface area contributed by atoms with Crippen LogP contribution >= 0.6 is 0 Å². The highest BCUT2D eigenvalue weighted by atomic mass is 16.5. The molecule has 0 saturated heterocycles. The zero-order valence-corrected chi connectivity index (χ0v) is 13.8. The maximum Gasteiger partial charge on any atom is 0.287 e. The Balaban J connectivity index is 1.54. The number of hydrogen-bond acceptors (Lipinski definition) is 5. The number of furan rings is 1. The Morgan fingerprint density at radius 3 is 2.72 bits per heavy atom. The summed E-state index contributed by atoms with van der Waals surface area (Å²) in [5.74, 6) is 1.60. The van der Waals surface area contributed by atoms with E-state index in [0.717, 1.165) is 12.8 Å². The Hall–Kier alpha value is -2.78. The number of aliphatic hydroxyl groups is 1. The SMILES string of the molecule is N#Cc1ccc(OCc2ccc(C(=O)NC(CCO)C3CC3)o2)cc1. The van der Waals surface area contributed by atoms with Gasteiger partial charge in [0.1, 0.15) is 18.1 Å². The van der Waals surface area contributed by atoms with Gasteiger partial charge in [0, 0.05) is 12.6 Å². The standard InChI is InChI=1S/C19H20N2O4/c20-11-13-1-5-15(6-2-13)24-12-16-7-8-18(25-16)19(23)21-17(9-10-22)14-3-4-14/h1-2,5-8,14,17,22H,3-4,9-10,12H2,(H,21,23). The van der Waals surface area contributed by atoms with Gasteiger partial charge in [0.25, 0.3) is 5.91 Å². The molecule has 1 fully saturated rings. The molecule has 0 spiro atoms. The maximum absolute atomic E-state index is 12.3. The van der Waals surface area contributed by atoms with E-state index in [0.29, 0.717) is 29.4 Å². The topological polar surface area (TPSA) is 95.5 Å². The minimum absolute atomic E-state index is 0.000879. The molecular weight excluding hydrogens is 320 g/mol. The second-order valence-corrected chi connectivity index (χ2v) is 6.12. The van der Waals surface area contributed by atoms with Crippen molar-refractivity contribution < 1.29 is 19.1 Å². The van der Waals surface area contributed by atoms with Crippen molar-refractivity contribution in [3.63, 3.8) is 0 Å². The Kier molecular flexibility index (Phi) is 5.36. The van der Waals surface area contributed by atoms with Gasteiger partial charge < -0.3 is 19.6 Å². The molecule has 6 nitrogen and oxygen atoms in total. The van der Waals surface area contributed by atoms with E-state index >= 15 is 0 Å². The lowest BCUT2D eigenvalue weighted by atomic mass is 10.1. The van der Waals surface area contributed by atoms with Gasteiger partial charge in [-0.3, -0.25) is 4.79 Å². The Labute approximate surface area is 146 Å². The molecule has 0 bridgehead atoms. The van der Waals surface area contributed by atoms with Crippen molar-refractivity contribution in [2.45, 2.75) is 31.9 Å². The summed E-state index contributed by atoms with van der Waals surface area (Å²) in [5.41, 5.74) is 0.567. The van der Waals surface area contributed by atoms with Gasteiger partial charge in [-0.05, 0) is 61.6 Å². The van der Waals surface area contributed by atoms with Crippen molar-refractivity contribution in [3.05, 3.63) is 53.5 Å². The zero-order valence-electron chi connectivity index (χ0n) is 13.8. The molecule has 25 heavy (non-hydrogen) atoms. The fourth-order valence-electron chi connectivity index (χ4n) is 2.66. The molecule has 1 heterocycles. The Morgan fingerprint density at radius 1 is 1.32 bits per heavy atom. The van der Waals surface area contributed by atoms with Crippen LogP contribution in [-0.2, 0) is 6.61 Å². The number of amides is 1. The number of rotatable bonds is 8. The van der Waals surface area contributed by atoms with Gasteiger partial charge in [0.05, 0.1) is 11.6 Å². The summed E-state index contributed by atoms with van der Waals surface area (Å²) in [6.45, 7) is 0.255. The van der Waals surface area contributed by atoms with E-state index in [1.807, 2.05) is 6.07 Å². The number of ether oxygens (including phenoxy) is 1. The minimum Gasteiger partial charge on any atom is -0.486 e. The van der Waals surface area contributed by atoms with Crippen LogP contribution in [0.1, 0.15) is 41.1 Å². The quantitative estimate of drug-likeness (QED) is 0.770. The number of nitriles is 1. The Morgan fingerprint density at radius 2 is 2.08 bits per heavy atom. The summed E-state index contributed by atoms with van der Waals surface area (Å²) in [4.78, 5) is 12.3. The first kappa shape index (κ1) is 17.1. The van der Waals surface area contributed by atoms with Crippen molar-refractivity contribution in [1.82, 2.24) is 5.32 Å². The molecule has 1 aliphatic carbocycles. The molecule has 1 aliphatic rings. The molecule has 1 amide bonds. The summed E-state index contributed by atoms with van der Waals surface area (Å²) in [6.07, 6.45) is 2.74. The monoisotopic (exact) mass is 340 g/mol. The number of nitrogens with zero attached hydrogens (tertiary/aromatic N) is 1. The average Bonchev–Trinajstić information content (AvgIpc) is 3.37. The van der Waals surface area contributed by atoms with Crippen molar-refractivity contribution in [2.24, 2.45) is 5.92 Å². The number of hydrogen-bond donors (Lipinski definition) is 2. The lowest BCUT2D eigenvalue weighted by Gasteiger charge is -2.16. The van der Waals surface area contributed by atoms with E-state index in [9.17, 15) is 4.79 Å². The van der Waals surface area contributed by atoms with E-state index < -0.39 is 0 Å². The van der Waals surface area contributed by atoms with Crippen LogP contribution < -0.4 is 10.1 Å². The first-order valence-electron chi connectivity index (χ1n) is 8.33. The first-order valence-corrected chi connectivity index (χ1v) is 8.33. The number of aliphatic hydroxyl groups excluding tert-OH is 1. The van der Waals surface area contributed by atoms with Gasteiger partial charge in [-0.25, -0.2) is 0 Å². The fourth-order valence-corrected chi connectivity index (χ4v) is 2.66. The molecular formula is C19H20N2O4. The largest absolute Gasteiger partial charge is 0.486 e. The van der Waals surface area contributed by atoms with E-state index in [1.54, 1.807) is 36.4 Å². The molecule has 0 radical (unpaired) electrons. The van der Waals surface area contributed by atoms with Gasteiger partial charge in [0.15, 0.2) is 5.76 Å². The first-order chi connectivity index (χ1) is 12.2. The number of carbonyl (C=O) groups is 1. The smallest absolute Gasteiger partial charge is 0.287 e. The van der Waals surface area contributed by atoms with Crippen LogP contribution in [0.4, 0.5) is 0 Å². The van der Waals surface area contributed by atoms with Crippen LogP contribution in [-0.4, -0.2) is 23.7 Å². The van der Waals surface area contributed by atoms with Crippen molar-refractivity contribution in [3.8, 4) is 11.8 Å². The highest BCUT2D eigenvalue weighted by molar-refractivity contribution is 5.91. The minimum atomic E-state index is -0.269. The van der Waals surface area contributed by atoms with Gasteiger partial charge in [-0.15, -0.1) is 0 Å². The van der Waals surface area contributed by atoms with Crippen LogP contribution in [0, 0.1) is 17.2 Å². The number of carbonyl (C=O) groups excluding carboxylic acids is 1. The molecule has 1 saturated carbocycles. The van der Waals surface area contributed by atoms with E-state index in [4.69, 9.17) is 19.5 Å². The summed E-state index contributed by atoms with van der Waals surface area (Å²) in [6, 6.07) is 12.2. The zero-order chi connectivity index (χ0) is 17.6. The van der Waals surface area contributed by atoms with Crippen LogP contribution in [0.2, 0.25) is 0 Å². The molecule has 2 aromatic rings. The van der Waals surface area contributed by atoms with Gasteiger partial charge >= 0.3 is 0 Å². The van der Waals surface area contributed by atoms with Crippen LogP contribution in [0.25, 0.3) is 0 Å². The highest BCUT2D eigenvalue weighted by Gasteiger charge is 2.32. The third-order valence-electron chi connectivity index (χ3n) is 4.20. The Bertz CT molecular complexity index is 756. The molecule has 1 aromatic carbocycles. The van der Waals surface area contributed by atoms with Crippen molar-refractivity contribution >= 4 is 5.91 Å². The van der Waals surface area contributed by atoms with Gasteiger partial charge in [0.2, 0.25) is 0 Å². The molecule has 6 heteroatoms. The van der Waals surface area contributed by atoms with Crippen LogP contribution in [0.3, 0.4) is 0 Å². The molecule has 0 aliphatic heterocycles.